The van der Waals surface area contributed by atoms with Gasteiger partial charge in [0.15, 0.2) is 0 Å². The van der Waals surface area contributed by atoms with Crippen molar-refractivity contribution in [2.75, 3.05) is 5.43 Å². The molecule has 0 aliphatic carbocycles. The Labute approximate surface area is 110 Å². The first kappa shape index (κ1) is 13.2. The van der Waals surface area contributed by atoms with Crippen LogP contribution >= 0.6 is 0 Å². The van der Waals surface area contributed by atoms with E-state index in [0.717, 1.165) is 0 Å². The number of aromatic nitrogens is 1. The van der Waals surface area contributed by atoms with E-state index < -0.39 is 10.1 Å². The van der Waals surface area contributed by atoms with Crippen molar-refractivity contribution < 1.29 is 13.0 Å². The van der Waals surface area contributed by atoms with Gasteiger partial charge in [0.2, 0.25) is 0 Å². The number of rotatable bonds is 4. The fourth-order valence-electron chi connectivity index (χ4n) is 1.32. The fraction of sp³-hybridized carbons (Fsp3) is 0. The quantitative estimate of drug-likeness (QED) is 0.518. The predicted octanol–water partition coefficient (Wildman–Crippen LogP) is 1.43. The van der Waals surface area contributed by atoms with E-state index in [2.05, 4.69) is 15.5 Å². The van der Waals surface area contributed by atoms with Crippen molar-refractivity contribution in [1.29, 1.82) is 0 Å². The molecule has 0 fully saturated rings. The molecular formula is C12H10N3O3S-. The summed E-state index contributed by atoms with van der Waals surface area (Å²) in [4.78, 5) is 3.77. The summed E-state index contributed by atoms with van der Waals surface area (Å²) in [5.41, 5.74) is 3.96. The number of nitrogens with one attached hydrogen (secondary N) is 1. The van der Waals surface area contributed by atoms with Gasteiger partial charge in [0.05, 0.1) is 22.5 Å². The van der Waals surface area contributed by atoms with Crippen LogP contribution < -0.4 is 5.43 Å². The fourth-order valence-corrected chi connectivity index (χ4v) is 1.79. The van der Waals surface area contributed by atoms with Crippen molar-refractivity contribution in [3.05, 3.63) is 54.4 Å². The molecule has 19 heavy (non-hydrogen) atoms. The van der Waals surface area contributed by atoms with Crippen molar-refractivity contribution in [2.45, 2.75) is 4.90 Å². The maximum absolute atomic E-state index is 10.7. The first-order valence-electron chi connectivity index (χ1n) is 5.32. The van der Waals surface area contributed by atoms with Crippen LogP contribution in [0.1, 0.15) is 5.69 Å². The molecule has 0 unspecified atom stereocenters. The van der Waals surface area contributed by atoms with Gasteiger partial charge < -0.3 is 4.55 Å². The van der Waals surface area contributed by atoms with Gasteiger partial charge in [0.25, 0.3) is 0 Å². The Kier molecular flexibility index (Phi) is 3.88. The topological polar surface area (TPSA) is 94.5 Å². The summed E-state index contributed by atoms with van der Waals surface area (Å²) in [6, 6.07) is 10.8. The van der Waals surface area contributed by atoms with E-state index in [1.54, 1.807) is 18.3 Å². The minimum Gasteiger partial charge on any atom is -0.744 e. The van der Waals surface area contributed by atoms with Crippen molar-refractivity contribution >= 4 is 22.0 Å². The van der Waals surface area contributed by atoms with E-state index in [-0.39, 0.29) is 4.90 Å². The zero-order valence-electron chi connectivity index (χ0n) is 9.72. The Balaban J connectivity index is 2.03. The Morgan fingerprint density at radius 2 is 1.89 bits per heavy atom. The van der Waals surface area contributed by atoms with Gasteiger partial charge in [0.1, 0.15) is 10.1 Å². The van der Waals surface area contributed by atoms with Crippen LogP contribution in [-0.4, -0.2) is 24.2 Å². The molecule has 98 valence electrons. The lowest BCUT2D eigenvalue weighted by Crippen LogP contribution is -1.98. The molecule has 0 saturated heterocycles. The number of nitrogens with zero attached hydrogens (tertiary/aromatic N) is 2. The molecule has 2 rings (SSSR count). The zero-order valence-corrected chi connectivity index (χ0v) is 10.5. The summed E-state index contributed by atoms with van der Waals surface area (Å²) in [5.74, 6) is 0. The minimum absolute atomic E-state index is 0.272. The molecule has 1 N–H and O–H groups in total. The highest BCUT2D eigenvalue weighted by atomic mass is 32.2. The van der Waals surface area contributed by atoms with Gasteiger partial charge in [-0.15, -0.1) is 0 Å². The van der Waals surface area contributed by atoms with Crippen molar-refractivity contribution in [3.63, 3.8) is 0 Å². The number of benzene rings is 1. The molecule has 2 aromatic rings. The van der Waals surface area contributed by atoms with Gasteiger partial charge in [-0.25, -0.2) is 8.42 Å². The van der Waals surface area contributed by atoms with Crippen LogP contribution in [-0.2, 0) is 10.1 Å². The lowest BCUT2D eigenvalue weighted by Gasteiger charge is -2.07. The van der Waals surface area contributed by atoms with Gasteiger partial charge in [-0.2, -0.15) is 5.10 Å². The SMILES string of the molecule is O=S(=O)([O-])c1ccc(NN=Cc2ccccn2)cc1. The van der Waals surface area contributed by atoms with Crippen LogP contribution in [0.4, 0.5) is 5.69 Å². The predicted molar refractivity (Wildman–Crippen MR) is 69.9 cm³/mol. The average Bonchev–Trinajstić information content (AvgIpc) is 2.39. The number of pyridine rings is 1. The zero-order chi connectivity index (χ0) is 13.7. The van der Waals surface area contributed by atoms with E-state index in [4.69, 9.17) is 0 Å². The van der Waals surface area contributed by atoms with Gasteiger partial charge in [-0.1, -0.05) is 6.07 Å². The summed E-state index contributed by atoms with van der Waals surface area (Å²) in [7, 11) is -4.41. The number of anilines is 1. The molecule has 6 nitrogen and oxygen atoms in total. The normalized spacial score (nSPS) is 11.6. The van der Waals surface area contributed by atoms with Crippen molar-refractivity contribution in [3.8, 4) is 0 Å². The Hall–Kier alpha value is -2.25. The van der Waals surface area contributed by atoms with Crippen LogP contribution in [0.5, 0.6) is 0 Å². The van der Waals surface area contributed by atoms with E-state index in [9.17, 15) is 13.0 Å². The smallest absolute Gasteiger partial charge is 0.124 e. The highest BCUT2D eigenvalue weighted by molar-refractivity contribution is 7.85. The minimum atomic E-state index is -4.41. The molecule has 1 aromatic carbocycles. The molecule has 7 heteroatoms. The number of hydrogen-bond acceptors (Lipinski definition) is 6. The maximum Gasteiger partial charge on any atom is 0.124 e. The summed E-state index contributed by atoms with van der Waals surface area (Å²) in [5, 5.41) is 3.94. The van der Waals surface area contributed by atoms with Crippen LogP contribution in [0, 0.1) is 0 Å². The molecule has 0 bridgehead atoms. The molecule has 1 aromatic heterocycles. The van der Waals surface area contributed by atoms with Crippen LogP contribution in [0.25, 0.3) is 0 Å². The molecule has 0 radical (unpaired) electrons. The number of hydrogen-bond donors (Lipinski definition) is 1. The standard InChI is InChI=1S/C12H11N3O3S/c16-19(17,18)12-6-4-10(5-7-12)15-14-9-11-3-1-2-8-13-11/h1-9,15H,(H,16,17,18)/p-1. The lowest BCUT2D eigenvalue weighted by molar-refractivity contribution is 0.463. The van der Waals surface area contributed by atoms with Crippen molar-refractivity contribution in [2.24, 2.45) is 5.10 Å². The highest BCUT2D eigenvalue weighted by Crippen LogP contribution is 2.13. The third-order valence-electron chi connectivity index (χ3n) is 2.22. The molecule has 0 atom stereocenters. The molecule has 0 amide bonds. The van der Waals surface area contributed by atoms with Gasteiger partial charge >= 0.3 is 0 Å². The van der Waals surface area contributed by atoms with Gasteiger partial charge in [-0.05, 0) is 36.4 Å². The second kappa shape index (κ2) is 5.59. The van der Waals surface area contributed by atoms with E-state index in [1.165, 1.54) is 30.5 Å². The van der Waals surface area contributed by atoms with E-state index in [0.29, 0.717) is 11.4 Å². The van der Waals surface area contributed by atoms with Crippen LogP contribution in [0.15, 0.2) is 58.7 Å². The third-order valence-corrected chi connectivity index (χ3v) is 3.07. The second-order valence-electron chi connectivity index (χ2n) is 3.60. The Bertz CT molecular complexity index is 667. The van der Waals surface area contributed by atoms with E-state index >= 15 is 0 Å². The van der Waals surface area contributed by atoms with E-state index in [1.807, 2.05) is 6.07 Å². The van der Waals surface area contributed by atoms with Gasteiger partial charge in [0, 0.05) is 6.20 Å². The summed E-state index contributed by atoms with van der Waals surface area (Å²) < 4.78 is 32.2. The van der Waals surface area contributed by atoms with Crippen LogP contribution in [0.2, 0.25) is 0 Å². The first-order chi connectivity index (χ1) is 9.05. The molecule has 0 saturated carbocycles. The van der Waals surface area contributed by atoms with Gasteiger partial charge in [-0.3, -0.25) is 10.4 Å². The average molecular weight is 276 g/mol. The van der Waals surface area contributed by atoms with Crippen molar-refractivity contribution in [1.82, 2.24) is 4.98 Å². The molecule has 0 aliphatic heterocycles. The number of hydrazone groups is 1. The summed E-state index contributed by atoms with van der Waals surface area (Å²) in [6.45, 7) is 0. The van der Waals surface area contributed by atoms with Crippen LogP contribution in [0.3, 0.4) is 0 Å². The second-order valence-corrected chi connectivity index (χ2v) is 4.98. The highest BCUT2D eigenvalue weighted by Gasteiger charge is 1.99. The summed E-state index contributed by atoms with van der Waals surface area (Å²) in [6.07, 6.45) is 3.17. The molecule has 0 aliphatic rings. The molecule has 1 heterocycles. The first-order valence-corrected chi connectivity index (χ1v) is 6.72. The molecule has 0 spiro atoms. The third kappa shape index (κ3) is 3.87. The summed E-state index contributed by atoms with van der Waals surface area (Å²) >= 11 is 0. The molecular weight excluding hydrogens is 266 g/mol. The maximum atomic E-state index is 10.7. The Morgan fingerprint density at radius 1 is 1.16 bits per heavy atom. The monoisotopic (exact) mass is 276 g/mol. The Morgan fingerprint density at radius 3 is 2.47 bits per heavy atom. The largest absolute Gasteiger partial charge is 0.744 e. The lowest BCUT2D eigenvalue weighted by atomic mass is 10.3.